The Hall–Kier alpha value is -3.49. The van der Waals surface area contributed by atoms with Crippen molar-refractivity contribution in [3.8, 4) is 0 Å². The predicted octanol–water partition coefficient (Wildman–Crippen LogP) is 5.10. The maximum atomic E-state index is 14.9. The summed E-state index contributed by atoms with van der Waals surface area (Å²) in [6.07, 6.45) is 8.42. The lowest BCUT2D eigenvalue weighted by atomic mass is 9.66. The Balaban J connectivity index is 1.55. The van der Waals surface area contributed by atoms with E-state index in [0.29, 0.717) is 45.3 Å². The molecule has 5 atom stereocenters. The minimum absolute atomic E-state index is 0.0948. The molecule has 1 spiro atoms. The number of aliphatic hydroxyl groups excluding tert-OH is 1. The fraction of sp³-hybridized carbons (Fsp3) is 0.528. The molecule has 8 nitrogen and oxygen atoms in total. The number of ether oxygens (including phenoxy) is 1. The molecule has 236 valence electrons. The highest BCUT2D eigenvalue weighted by Gasteiger charge is 2.78. The highest BCUT2D eigenvalue weighted by molar-refractivity contribution is 6.06. The predicted molar refractivity (Wildman–Crippen MR) is 173 cm³/mol. The molecule has 2 unspecified atom stereocenters. The molecule has 1 N–H and O–H groups in total. The summed E-state index contributed by atoms with van der Waals surface area (Å²) in [6, 6.07) is 13.1. The summed E-state index contributed by atoms with van der Waals surface area (Å²) < 4.78 is 6.88. The Morgan fingerprint density at radius 2 is 1.75 bits per heavy atom. The molecule has 8 heteroatoms. The van der Waals surface area contributed by atoms with Gasteiger partial charge in [0.1, 0.15) is 11.6 Å². The van der Waals surface area contributed by atoms with Crippen LogP contribution in [0, 0.1) is 11.8 Å². The van der Waals surface area contributed by atoms with Gasteiger partial charge >= 0.3 is 0 Å². The van der Waals surface area contributed by atoms with Gasteiger partial charge < -0.3 is 24.5 Å². The van der Waals surface area contributed by atoms with Gasteiger partial charge in [0.2, 0.25) is 11.8 Å². The molecule has 2 aromatic carbocycles. The summed E-state index contributed by atoms with van der Waals surface area (Å²) in [5.41, 5.74) is -1.19. The number of carbonyl (C=O) groups is 3. The van der Waals surface area contributed by atoms with Crippen molar-refractivity contribution in [2.75, 3.05) is 37.7 Å². The lowest BCUT2D eigenvalue weighted by Gasteiger charge is -2.37. The Morgan fingerprint density at radius 3 is 2.45 bits per heavy atom. The van der Waals surface area contributed by atoms with Crippen LogP contribution >= 0.6 is 0 Å². The second-order valence-corrected chi connectivity index (χ2v) is 12.7. The Kier molecular flexibility index (Phi) is 9.61. The van der Waals surface area contributed by atoms with Crippen molar-refractivity contribution in [2.24, 2.45) is 11.8 Å². The van der Waals surface area contributed by atoms with Gasteiger partial charge in [-0.2, -0.15) is 0 Å². The van der Waals surface area contributed by atoms with Crippen LogP contribution in [0.15, 0.2) is 67.8 Å². The lowest BCUT2D eigenvalue weighted by molar-refractivity contribution is -0.149. The third-order valence-corrected chi connectivity index (χ3v) is 9.86. The number of aliphatic hydroxyl groups is 1. The smallest absolute Gasteiger partial charge is 0.253 e. The maximum absolute atomic E-state index is 14.9. The van der Waals surface area contributed by atoms with Crippen LogP contribution in [0.25, 0.3) is 10.8 Å². The van der Waals surface area contributed by atoms with Crippen molar-refractivity contribution in [2.45, 2.75) is 76.0 Å². The average molecular weight is 602 g/mol. The molecule has 5 rings (SSSR count). The van der Waals surface area contributed by atoms with Gasteiger partial charge in [-0.05, 0) is 61.9 Å². The van der Waals surface area contributed by atoms with Crippen LogP contribution in [0.4, 0.5) is 5.69 Å². The molecule has 2 aromatic rings. The van der Waals surface area contributed by atoms with Crippen molar-refractivity contribution in [3.63, 3.8) is 0 Å². The Labute approximate surface area is 261 Å². The quantitative estimate of drug-likeness (QED) is 0.227. The number of unbranched alkanes of at least 4 members (excludes halogenated alkanes) is 3. The minimum atomic E-state index is -1.09. The first kappa shape index (κ1) is 31.9. The SMILES string of the molecule is C=CCN(CCC)C(=O)[C@H]1[C@H]2C(=O)N(CCCCCCO)C(C(=O)N(CC=C)c3ccc4ccccc4c3)C23CC[C@]1(C)O3. The summed E-state index contributed by atoms with van der Waals surface area (Å²) >= 11 is 0. The van der Waals surface area contributed by atoms with E-state index in [1.165, 1.54) is 0 Å². The fourth-order valence-corrected chi connectivity index (χ4v) is 7.93. The number of rotatable bonds is 15. The van der Waals surface area contributed by atoms with Crippen LogP contribution in [0.2, 0.25) is 0 Å². The third kappa shape index (κ3) is 5.47. The summed E-state index contributed by atoms with van der Waals surface area (Å²) in [7, 11) is 0. The number of anilines is 1. The summed E-state index contributed by atoms with van der Waals surface area (Å²) in [4.78, 5) is 48.8. The molecular formula is C36H47N3O5. The first-order chi connectivity index (χ1) is 21.3. The number of carbonyl (C=O) groups excluding carboxylic acids is 3. The van der Waals surface area contributed by atoms with Crippen molar-refractivity contribution in [3.05, 3.63) is 67.8 Å². The third-order valence-electron chi connectivity index (χ3n) is 9.86. The van der Waals surface area contributed by atoms with E-state index in [1.54, 1.807) is 26.9 Å². The number of amides is 3. The van der Waals surface area contributed by atoms with Crippen LogP contribution in [-0.4, -0.2) is 82.7 Å². The largest absolute Gasteiger partial charge is 0.396 e. The zero-order valence-electron chi connectivity index (χ0n) is 26.2. The van der Waals surface area contributed by atoms with Gasteiger partial charge in [0.05, 0.1) is 17.4 Å². The Morgan fingerprint density at radius 1 is 1.02 bits per heavy atom. The standard InChI is InChI=1S/C36H47N3O5/c1-5-20-37(21-6-2)32(41)29-30-33(42)39(23-12-8-9-13-24-40)31(36(30)19-18-35(29,4)44-36)34(43)38(22-7-3)28-17-16-26-14-10-11-15-27(26)25-28/h5,7,10-11,14-17,25,29-31,40H,1,3,6,8-9,12-13,18-24H2,2,4H3/t29-,30+,31?,35+,36?/m1/s1. The normalized spacial score (nSPS) is 27.0. The zero-order chi connectivity index (χ0) is 31.5. The van der Waals surface area contributed by atoms with E-state index in [-0.39, 0.29) is 30.9 Å². The molecule has 3 fully saturated rings. The molecule has 0 aliphatic carbocycles. The van der Waals surface area contributed by atoms with Crippen LogP contribution in [0.1, 0.15) is 58.8 Å². The second-order valence-electron chi connectivity index (χ2n) is 12.7. The van der Waals surface area contributed by atoms with Gasteiger partial charge in [-0.1, -0.05) is 62.2 Å². The minimum Gasteiger partial charge on any atom is -0.396 e. The van der Waals surface area contributed by atoms with Gasteiger partial charge in [0.25, 0.3) is 5.91 Å². The maximum Gasteiger partial charge on any atom is 0.253 e. The molecule has 0 aromatic heterocycles. The van der Waals surface area contributed by atoms with E-state index in [1.807, 2.05) is 56.3 Å². The molecule has 44 heavy (non-hydrogen) atoms. The number of benzene rings is 2. The zero-order valence-corrected chi connectivity index (χ0v) is 26.2. The molecule has 3 heterocycles. The second kappa shape index (κ2) is 13.2. The van der Waals surface area contributed by atoms with Crippen molar-refractivity contribution in [1.82, 2.24) is 9.80 Å². The van der Waals surface area contributed by atoms with Crippen molar-refractivity contribution < 1.29 is 24.2 Å². The number of hydrogen-bond donors (Lipinski definition) is 1. The van der Waals surface area contributed by atoms with Gasteiger partial charge in [0, 0.05) is 38.5 Å². The van der Waals surface area contributed by atoms with Gasteiger partial charge in [-0.15, -0.1) is 13.2 Å². The van der Waals surface area contributed by atoms with Crippen LogP contribution in [-0.2, 0) is 19.1 Å². The number of fused-ring (bicyclic) bond motifs is 2. The first-order valence-corrected chi connectivity index (χ1v) is 16.2. The van der Waals surface area contributed by atoms with E-state index in [2.05, 4.69) is 13.2 Å². The summed E-state index contributed by atoms with van der Waals surface area (Å²) in [5.74, 6) is -1.87. The molecule has 3 saturated heterocycles. The highest BCUT2D eigenvalue weighted by Crippen LogP contribution is 2.63. The van der Waals surface area contributed by atoms with E-state index < -0.39 is 29.1 Å². The highest BCUT2D eigenvalue weighted by atomic mass is 16.5. The van der Waals surface area contributed by atoms with E-state index in [4.69, 9.17) is 4.74 Å². The van der Waals surface area contributed by atoms with Crippen molar-refractivity contribution in [1.29, 1.82) is 0 Å². The molecule has 2 bridgehead atoms. The first-order valence-electron chi connectivity index (χ1n) is 16.2. The molecule has 3 amide bonds. The Bertz CT molecular complexity index is 1410. The van der Waals surface area contributed by atoms with Crippen LogP contribution in [0.3, 0.4) is 0 Å². The molecule has 3 aliphatic rings. The monoisotopic (exact) mass is 601 g/mol. The lowest BCUT2D eigenvalue weighted by Crippen LogP contribution is -2.56. The number of hydrogen-bond acceptors (Lipinski definition) is 5. The summed E-state index contributed by atoms with van der Waals surface area (Å²) in [5, 5.41) is 11.3. The summed E-state index contributed by atoms with van der Waals surface area (Å²) in [6.45, 7) is 13.5. The average Bonchev–Trinajstić information content (AvgIpc) is 3.59. The van der Waals surface area contributed by atoms with Gasteiger partial charge in [-0.3, -0.25) is 14.4 Å². The molecular weight excluding hydrogens is 554 g/mol. The molecule has 0 saturated carbocycles. The fourth-order valence-electron chi connectivity index (χ4n) is 7.93. The van der Waals surface area contributed by atoms with E-state index >= 15 is 0 Å². The molecule has 3 aliphatic heterocycles. The van der Waals surface area contributed by atoms with Crippen LogP contribution in [0.5, 0.6) is 0 Å². The van der Waals surface area contributed by atoms with E-state index in [9.17, 15) is 19.5 Å². The topological polar surface area (TPSA) is 90.4 Å². The van der Waals surface area contributed by atoms with E-state index in [0.717, 1.165) is 35.7 Å². The van der Waals surface area contributed by atoms with Gasteiger partial charge in [-0.25, -0.2) is 0 Å². The van der Waals surface area contributed by atoms with Crippen LogP contribution < -0.4 is 4.90 Å². The number of likely N-dealkylation sites (tertiary alicyclic amines) is 1. The van der Waals surface area contributed by atoms with Gasteiger partial charge in [0.15, 0.2) is 0 Å². The number of nitrogens with zero attached hydrogens (tertiary/aromatic N) is 3. The van der Waals surface area contributed by atoms with Crippen molar-refractivity contribution >= 4 is 34.2 Å². The molecule has 0 radical (unpaired) electrons.